The van der Waals surface area contributed by atoms with Crippen molar-refractivity contribution in [3.63, 3.8) is 0 Å². The molecule has 0 saturated carbocycles. The van der Waals surface area contributed by atoms with Crippen LogP contribution in [0.1, 0.15) is 22.3 Å². The lowest BCUT2D eigenvalue weighted by atomic mass is 10.1. The lowest BCUT2D eigenvalue weighted by Gasteiger charge is -2.09. The van der Waals surface area contributed by atoms with E-state index in [-0.39, 0.29) is 0 Å². The van der Waals surface area contributed by atoms with Gasteiger partial charge in [0.2, 0.25) is 0 Å². The van der Waals surface area contributed by atoms with Crippen LogP contribution >= 0.6 is 0 Å². The highest BCUT2D eigenvalue weighted by molar-refractivity contribution is 5.25. The molecule has 0 heterocycles. The summed E-state index contributed by atoms with van der Waals surface area (Å²) in [6, 6.07) is 13.2. The number of alkyl halides is 3. The summed E-state index contributed by atoms with van der Waals surface area (Å²) >= 11 is 0. The van der Waals surface area contributed by atoms with Crippen molar-refractivity contribution in [2.45, 2.75) is 25.9 Å². The molecule has 0 unspecified atom stereocenters. The number of hydrogen-bond acceptors (Lipinski definition) is 2. The van der Waals surface area contributed by atoms with Gasteiger partial charge in [-0.2, -0.15) is 13.2 Å². The van der Waals surface area contributed by atoms with Gasteiger partial charge in [-0.3, -0.25) is 0 Å². The maximum atomic E-state index is 12.5. The first-order valence-electron chi connectivity index (χ1n) is 6.92. The SMILES string of the molecule is COCc1cccc(CNCc2ccc(C(F)(F)F)cc2)c1. The average Bonchev–Trinajstić information content (AvgIpc) is 2.48. The van der Waals surface area contributed by atoms with Crippen molar-refractivity contribution in [3.8, 4) is 0 Å². The van der Waals surface area contributed by atoms with E-state index in [0.717, 1.165) is 28.8 Å². The Labute approximate surface area is 127 Å². The molecule has 2 aromatic carbocycles. The summed E-state index contributed by atoms with van der Waals surface area (Å²) in [5, 5.41) is 3.22. The number of benzene rings is 2. The van der Waals surface area contributed by atoms with Crippen LogP contribution in [-0.2, 0) is 30.6 Å². The predicted molar refractivity (Wildman–Crippen MR) is 79.1 cm³/mol. The highest BCUT2D eigenvalue weighted by Gasteiger charge is 2.29. The van der Waals surface area contributed by atoms with Crippen LogP contribution in [0.5, 0.6) is 0 Å². The summed E-state index contributed by atoms with van der Waals surface area (Å²) in [7, 11) is 1.65. The second kappa shape index (κ2) is 7.42. The topological polar surface area (TPSA) is 21.3 Å². The summed E-state index contributed by atoms with van der Waals surface area (Å²) in [6.07, 6.45) is -4.28. The summed E-state index contributed by atoms with van der Waals surface area (Å²) in [6.45, 7) is 1.73. The second-order valence-electron chi connectivity index (χ2n) is 5.05. The van der Waals surface area contributed by atoms with Crippen LogP contribution < -0.4 is 5.32 Å². The van der Waals surface area contributed by atoms with Gasteiger partial charge >= 0.3 is 6.18 Å². The van der Waals surface area contributed by atoms with Crippen LogP contribution in [0.4, 0.5) is 13.2 Å². The third kappa shape index (κ3) is 4.86. The third-order valence-electron chi connectivity index (χ3n) is 3.24. The Kier molecular flexibility index (Phi) is 5.57. The van der Waals surface area contributed by atoms with E-state index in [4.69, 9.17) is 4.74 Å². The fourth-order valence-corrected chi connectivity index (χ4v) is 2.16. The van der Waals surface area contributed by atoms with Gasteiger partial charge in [0.25, 0.3) is 0 Å². The largest absolute Gasteiger partial charge is 0.416 e. The van der Waals surface area contributed by atoms with E-state index in [1.165, 1.54) is 12.1 Å². The van der Waals surface area contributed by atoms with Gasteiger partial charge in [0.1, 0.15) is 0 Å². The fourth-order valence-electron chi connectivity index (χ4n) is 2.16. The number of nitrogens with one attached hydrogen (secondary N) is 1. The van der Waals surface area contributed by atoms with Crippen LogP contribution in [0.2, 0.25) is 0 Å². The van der Waals surface area contributed by atoms with Gasteiger partial charge in [-0.05, 0) is 28.8 Å². The molecule has 0 bridgehead atoms. The van der Waals surface area contributed by atoms with Crippen molar-refractivity contribution < 1.29 is 17.9 Å². The van der Waals surface area contributed by atoms with E-state index in [9.17, 15) is 13.2 Å². The molecule has 2 rings (SSSR count). The minimum atomic E-state index is -4.28. The molecule has 0 aliphatic heterocycles. The molecule has 118 valence electrons. The second-order valence-corrected chi connectivity index (χ2v) is 5.05. The van der Waals surface area contributed by atoms with Gasteiger partial charge in [-0.15, -0.1) is 0 Å². The molecule has 0 radical (unpaired) electrons. The molecule has 0 aromatic heterocycles. The zero-order chi connectivity index (χ0) is 16.0. The first-order chi connectivity index (χ1) is 10.5. The highest BCUT2D eigenvalue weighted by Crippen LogP contribution is 2.29. The van der Waals surface area contributed by atoms with Crippen molar-refractivity contribution in [1.29, 1.82) is 0 Å². The number of methoxy groups -OCH3 is 1. The van der Waals surface area contributed by atoms with Crippen molar-refractivity contribution in [2.75, 3.05) is 7.11 Å². The Hall–Kier alpha value is -1.85. The molecule has 0 atom stereocenters. The maximum absolute atomic E-state index is 12.5. The van der Waals surface area contributed by atoms with Gasteiger partial charge in [0, 0.05) is 20.2 Å². The zero-order valence-electron chi connectivity index (χ0n) is 12.3. The predicted octanol–water partition coefficient (Wildman–Crippen LogP) is 4.14. The van der Waals surface area contributed by atoms with E-state index in [0.29, 0.717) is 19.7 Å². The molecule has 0 fully saturated rings. The maximum Gasteiger partial charge on any atom is 0.416 e. The van der Waals surface area contributed by atoms with Gasteiger partial charge in [-0.1, -0.05) is 36.4 Å². The molecule has 2 aromatic rings. The normalized spacial score (nSPS) is 11.6. The summed E-state index contributed by atoms with van der Waals surface area (Å²) in [4.78, 5) is 0. The van der Waals surface area contributed by atoms with Gasteiger partial charge in [-0.25, -0.2) is 0 Å². The molecule has 0 spiro atoms. The molecule has 0 aliphatic carbocycles. The lowest BCUT2D eigenvalue weighted by molar-refractivity contribution is -0.137. The standard InChI is InChI=1S/C17H18F3NO/c1-22-12-15-4-2-3-14(9-15)11-21-10-13-5-7-16(8-6-13)17(18,19)20/h2-9,21H,10-12H2,1H3. The van der Waals surface area contributed by atoms with Gasteiger partial charge in [0.05, 0.1) is 12.2 Å². The Balaban J connectivity index is 1.87. The number of halogens is 3. The summed E-state index contributed by atoms with van der Waals surface area (Å²) < 4.78 is 42.5. The van der Waals surface area contributed by atoms with Crippen molar-refractivity contribution in [2.24, 2.45) is 0 Å². The van der Waals surface area contributed by atoms with Crippen LogP contribution in [0.3, 0.4) is 0 Å². The molecule has 5 heteroatoms. The number of ether oxygens (including phenoxy) is 1. The first-order valence-corrected chi connectivity index (χ1v) is 6.92. The van der Waals surface area contributed by atoms with Gasteiger partial charge < -0.3 is 10.1 Å². The molecule has 0 saturated heterocycles. The van der Waals surface area contributed by atoms with Crippen LogP contribution in [-0.4, -0.2) is 7.11 Å². The van der Waals surface area contributed by atoms with E-state index in [1.54, 1.807) is 7.11 Å². The molecular formula is C17H18F3NO. The molecule has 0 amide bonds. The molecule has 2 nitrogen and oxygen atoms in total. The van der Waals surface area contributed by atoms with E-state index >= 15 is 0 Å². The molecular weight excluding hydrogens is 291 g/mol. The van der Waals surface area contributed by atoms with Crippen molar-refractivity contribution >= 4 is 0 Å². The fraction of sp³-hybridized carbons (Fsp3) is 0.294. The Bertz CT molecular complexity index is 594. The third-order valence-corrected chi connectivity index (χ3v) is 3.24. The minimum absolute atomic E-state index is 0.520. The van der Waals surface area contributed by atoms with Crippen LogP contribution in [0.15, 0.2) is 48.5 Å². The molecule has 1 N–H and O–H groups in total. The number of rotatable bonds is 6. The Morgan fingerprint density at radius 2 is 1.55 bits per heavy atom. The van der Waals surface area contributed by atoms with Crippen molar-refractivity contribution in [3.05, 3.63) is 70.8 Å². The molecule has 22 heavy (non-hydrogen) atoms. The number of hydrogen-bond donors (Lipinski definition) is 1. The summed E-state index contributed by atoms with van der Waals surface area (Å²) in [5.41, 5.74) is 2.40. The van der Waals surface area contributed by atoms with E-state index in [1.807, 2.05) is 24.3 Å². The molecule has 0 aliphatic rings. The monoisotopic (exact) mass is 309 g/mol. The van der Waals surface area contributed by atoms with Crippen LogP contribution in [0.25, 0.3) is 0 Å². The lowest BCUT2D eigenvalue weighted by Crippen LogP contribution is -2.13. The first kappa shape index (κ1) is 16.5. The quantitative estimate of drug-likeness (QED) is 0.866. The summed E-state index contributed by atoms with van der Waals surface area (Å²) in [5.74, 6) is 0. The average molecular weight is 309 g/mol. The Morgan fingerprint density at radius 3 is 2.18 bits per heavy atom. The highest BCUT2D eigenvalue weighted by atomic mass is 19.4. The van der Waals surface area contributed by atoms with Gasteiger partial charge in [0.15, 0.2) is 0 Å². The Morgan fingerprint density at radius 1 is 0.909 bits per heavy atom. The van der Waals surface area contributed by atoms with E-state index in [2.05, 4.69) is 5.32 Å². The van der Waals surface area contributed by atoms with E-state index < -0.39 is 11.7 Å². The van der Waals surface area contributed by atoms with Crippen molar-refractivity contribution in [1.82, 2.24) is 5.32 Å². The zero-order valence-corrected chi connectivity index (χ0v) is 12.3. The smallest absolute Gasteiger partial charge is 0.380 e. The minimum Gasteiger partial charge on any atom is -0.380 e. The van der Waals surface area contributed by atoms with Crippen LogP contribution in [0, 0.1) is 0 Å².